The Labute approximate surface area is 819 Å². The first-order valence-corrected chi connectivity index (χ1v) is 49.1. The zero-order valence-electron chi connectivity index (χ0n) is 79.5. The third-order valence-electron chi connectivity index (χ3n) is 29.0. The molecule has 0 aliphatic carbocycles. The summed E-state index contributed by atoms with van der Waals surface area (Å²) in [5, 5.41) is 15.1. The fourth-order valence-corrected chi connectivity index (χ4v) is 22.0. The molecule has 2 heterocycles. The molecule has 2 aromatic heterocycles. The Balaban J connectivity index is 0.000000152. The predicted octanol–water partition coefficient (Wildman–Crippen LogP) is 38.5. The third kappa shape index (κ3) is 16.0. The lowest BCUT2D eigenvalue weighted by Gasteiger charge is -2.20. The lowest BCUT2D eigenvalue weighted by molar-refractivity contribution is 0.827. The van der Waals surface area contributed by atoms with Crippen molar-refractivity contribution in [2.24, 2.45) is 0 Å². The Morgan fingerprint density at radius 2 is 0.293 bits per heavy atom. The van der Waals surface area contributed by atoms with Gasteiger partial charge in [0.2, 0.25) is 0 Å². The van der Waals surface area contributed by atoms with Gasteiger partial charge in [-0.3, -0.25) is 0 Å². The fraction of sp³-hybridized carbons (Fsp3) is 0.0580. The normalized spacial score (nSPS) is 11.6. The van der Waals surface area contributed by atoms with Crippen LogP contribution in [-0.2, 0) is 13.1 Å². The summed E-state index contributed by atoms with van der Waals surface area (Å²) in [7, 11) is 0. The van der Waals surface area contributed by atoms with Crippen molar-refractivity contribution in [3.8, 4) is 167 Å². The summed E-state index contributed by atoms with van der Waals surface area (Å²) < 4.78 is 4.83. The first-order valence-electron chi connectivity index (χ1n) is 49.1. The number of rotatable bonds is 17. The Kier molecular flexibility index (Phi) is 22.3. The number of benzene rings is 23. The summed E-state index contributed by atoms with van der Waals surface area (Å²) in [6.07, 6.45) is 0. The van der Waals surface area contributed by atoms with Crippen LogP contribution in [0.4, 0.5) is 0 Å². The van der Waals surface area contributed by atoms with E-state index in [2.05, 4.69) is 536 Å². The fourth-order valence-electron chi connectivity index (χ4n) is 22.0. The standard InChI is InChI=1S/C72H53N.C66H49N/c1-4-73-69-19-9-8-18-63(69)66-44-60(38-41-70(66)73)55-26-24-52(25-27-55)54-30-34-57(35-31-54)72-65-40-37-61(58-16-10-12-47(2)42-58)45-67(65)71(64-39-36-62(46-68(64)72)59-17-11-13-48(3)43-59)56-32-28-53(29-33-56)51-22-20-50(21-23-51)49-14-6-5-7-15-49;1-4-67-63-19-9-8-18-57(63)60-40-54(34-37-64(60)67)49-22-20-47(21-23-49)48-26-30-51(31-27-48)66-59-36-33-55(52-16-10-12-43(2)38-52)41-61(59)65(50-28-24-46(25-29-50)45-14-6-5-7-15-45)58-35-32-56(42-62(58)66)53-17-11-13-44(3)39-53/h5-46H,4H2,1-3H3;5-42H,4H2,1-3H3. The van der Waals surface area contributed by atoms with Crippen molar-refractivity contribution >= 4 is 86.7 Å². The first-order chi connectivity index (χ1) is 68.9. The van der Waals surface area contributed by atoms with Crippen molar-refractivity contribution in [1.82, 2.24) is 9.13 Å². The number of hydrogen-bond acceptors (Lipinski definition) is 0. The molecule has 0 saturated heterocycles. The SMILES string of the molecule is CCn1c2ccccc2c2cc(-c3ccc(-c4ccc(-c5c6ccc(-c7cccc(C)c7)cc6c(-c6ccc(-c7ccc(-c8ccccc8)cc7)cc6)c6ccc(-c7cccc(C)c7)cc56)cc4)cc3)ccc21.CCn1c2ccccc2c2cc(-c3ccc(-c4ccc(-c5c6ccc(-c7cccc(C)c7)cc6c(-c6ccc(-c7ccccc7)cc6)c6ccc(-c7cccc(C)c7)cc56)cc4)cc3)ccc21. The van der Waals surface area contributed by atoms with Crippen LogP contribution in [0.5, 0.6) is 0 Å². The van der Waals surface area contributed by atoms with E-state index in [9.17, 15) is 0 Å². The van der Waals surface area contributed by atoms with Gasteiger partial charge in [-0.1, -0.05) is 447 Å². The smallest absolute Gasteiger partial charge is 0.0491 e. The molecule has 0 aliphatic heterocycles. The van der Waals surface area contributed by atoms with Crippen molar-refractivity contribution in [1.29, 1.82) is 0 Å². The number of nitrogens with zero attached hydrogens (tertiary/aromatic N) is 2. The van der Waals surface area contributed by atoms with Crippen LogP contribution in [0.2, 0.25) is 0 Å². The molecule has 664 valence electrons. The maximum absolute atomic E-state index is 2.43. The summed E-state index contributed by atoms with van der Waals surface area (Å²) in [6, 6.07) is 181. The van der Waals surface area contributed by atoms with Crippen LogP contribution >= 0.6 is 0 Å². The molecule has 0 atom stereocenters. The topological polar surface area (TPSA) is 9.86 Å². The van der Waals surface area contributed by atoms with Crippen LogP contribution < -0.4 is 0 Å². The monoisotopic (exact) mass is 1790 g/mol. The number of aromatic nitrogens is 2. The van der Waals surface area contributed by atoms with Gasteiger partial charge in [-0.15, -0.1) is 0 Å². The van der Waals surface area contributed by atoms with E-state index in [0.29, 0.717) is 0 Å². The second kappa shape index (κ2) is 36.4. The number of fused-ring (bicyclic) bond motifs is 10. The molecule has 0 bridgehead atoms. The Bertz CT molecular complexity index is 9070. The number of aryl methyl sites for hydroxylation is 6. The van der Waals surface area contributed by atoms with E-state index in [-0.39, 0.29) is 0 Å². The highest BCUT2D eigenvalue weighted by molar-refractivity contribution is 6.25. The highest BCUT2D eigenvalue weighted by atomic mass is 15.0. The van der Waals surface area contributed by atoms with Crippen molar-refractivity contribution in [2.45, 2.75) is 54.6 Å². The highest BCUT2D eigenvalue weighted by Gasteiger charge is 2.24. The molecule has 25 aromatic rings. The molecule has 0 amide bonds. The maximum Gasteiger partial charge on any atom is 0.0491 e. The van der Waals surface area contributed by atoms with Crippen LogP contribution in [0, 0.1) is 27.7 Å². The third-order valence-corrected chi connectivity index (χ3v) is 29.0. The predicted molar refractivity (Wildman–Crippen MR) is 601 cm³/mol. The zero-order chi connectivity index (χ0) is 94.0. The molecule has 2 heteroatoms. The summed E-state index contributed by atoms with van der Waals surface area (Å²) in [5.74, 6) is 0. The van der Waals surface area contributed by atoms with Gasteiger partial charge >= 0.3 is 0 Å². The Morgan fingerprint density at radius 3 is 0.536 bits per heavy atom. The van der Waals surface area contributed by atoms with E-state index in [1.807, 2.05) is 0 Å². The Morgan fingerprint density at radius 1 is 0.121 bits per heavy atom. The van der Waals surface area contributed by atoms with E-state index >= 15 is 0 Å². The summed E-state index contributed by atoms with van der Waals surface area (Å²) in [4.78, 5) is 0. The molecule has 140 heavy (non-hydrogen) atoms. The lowest BCUT2D eigenvalue weighted by Crippen LogP contribution is -1.93. The summed E-state index contributed by atoms with van der Waals surface area (Å²) >= 11 is 0. The molecule has 25 rings (SSSR count). The van der Waals surface area contributed by atoms with Crippen LogP contribution in [0.1, 0.15) is 36.1 Å². The van der Waals surface area contributed by atoms with Gasteiger partial charge in [0.1, 0.15) is 0 Å². The van der Waals surface area contributed by atoms with E-state index in [4.69, 9.17) is 0 Å². The van der Waals surface area contributed by atoms with Crippen molar-refractivity contribution in [3.05, 3.63) is 508 Å². The minimum Gasteiger partial charge on any atom is -0.341 e. The molecular weight excluding hydrogens is 1690 g/mol. The van der Waals surface area contributed by atoms with Gasteiger partial charge < -0.3 is 9.13 Å². The zero-order valence-corrected chi connectivity index (χ0v) is 79.5. The molecule has 0 unspecified atom stereocenters. The minimum absolute atomic E-state index is 0.944. The molecule has 0 fully saturated rings. The summed E-state index contributed by atoms with van der Waals surface area (Å²) in [6.45, 7) is 15.0. The second-order valence-electron chi connectivity index (χ2n) is 37.8. The molecule has 0 radical (unpaired) electrons. The highest BCUT2D eigenvalue weighted by Crippen LogP contribution is 2.51. The van der Waals surface area contributed by atoms with E-state index in [1.54, 1.807) is 0 Å². The van der Waals surface area contributed by atoms with Gasteiger partial charge in [0, 0.05) is 56.7 Å². The van der Waals surface area contributed by atoms with Gasteiger partial charge in [-0.25, -0.2) is 0 Å². The lowest BCUT2D eigenvalue weighted by atomic mass is 9.83. The van der Waals surface area contributed by atoms with Crippen LogP contribution in [0.25, 0.3) is 254 Å². The molecule has 2 nitrogen and oxygen atoms in total. The van der Waals surface area contributed by atoms with Crippen LogP contribution in [0.3, 0.4) is 0 Å². The largest absolute Gasteiger partial charge is 0.341 e. The van der Waals surface area contributed by atoms with Gasteiger partial charge in [-0.2, -0.15) is 0 Å². The van der Waals surface area contributed by atoms with Gasteiger partial charge in [0.15, 0.2) is 0 Å². The van der Waals surface area contributed by atoms with Crippen molar-refractivity contribution in [3.63, 3.8) is 0 Å². The molecular formula is C138H102N2. The van der Waals surface area contributed by atoms with E-state index in [1.165, 1.54) is 276 Å². The summed E-state index contributed by atoms with van der Waals surface area (Å²) in [5.41, 5.74) is 46.7. The van der Waals surface area contributed by atoms with Crippen molar-refractivity contribution in [2.75, 3.05) is 0 Å². The minimum atomic E-state index is 0.944. The van der Waals surface area contributed by atoms with E-state index < -0.39 is 0 Å². The Hall–Kier alpha value is -17.3. The van der Waals surface area contributed by atoms with Gasteiger partial charge in [0.05, 0.1) is 0 Å². The van der Waals surface area contributed by atoms with Crippen LogP contribution in [-0.4, -0.2) is 9.13 Å². The van der Waals surface area contributed by atoms with Gasteiger partial charge in [0.25, 0.3) is 0 Å². The molecule has 0 N–H and O–H groups in total. The molecule has 0 aliphatic rings. The molecule has 0 saturated carbocycles. The average molecular weight is 1790 g/mol. The maximum atomic E-state index is 2.43. The number of hydrogen-bond donors (Lipinski definition) is 0. The van der Waals surface area contributed by atoms with Crippen LogP contribution in [0.15, 0.2) is 485 Å². The van der Waals surface area contributed by atoms with Gasteiger partial charge in [-0.05, 0) is 312 Å². The molecule has 23 aromatic carbocycles. The molecule has 0 spiro atoms. The average Bonchev–Trinajstić information content (AvgIpc) is 1.09. The quantitative estimate of drug-likeness (QED) is 0.0804. The van der Waals surface area contributed by atoms with Crippen molar-refractivity contribution < 1.29 is 0 Å². The first kappa shape index (κ1) is 85.6. The van der Waals surface area contributed by atoms with E-state index in [0.717, 1.165) is 13.1 Å². The number of para-hydroxylation sites is 2. The second-order valence-corrected chi connectivity index (χ2v) is 37.8.